The fourth-order valence-corrected chi connectivity index (χ4v) is 4.11. The van der Waals surface area contributed by atoms with Gasteiger partial charge in [-0.15, -0.1) is 0 Å². The predicted molar refractivity (Wildman–Crippen MR) is 111 cm³/mol. The molecule has 0 radical (unpaired) electrons. The van der Waals surface area contributed by atoms with E-state index in [0.29, 0.717) is 22.3 Å². The first-order valence-electron chi connectivity index (χ1n) is 10.3. The molecule has 9 heteroatoms. The molecule has 33 heavy (non-hydrogen) atoms. The van der Waals surface area contributed by atoms with Crippen LogP contribution in [0.5, 0.6) is 5.75 Å². The third kappa shape index (κ3) is 6.18. The number of aryl methyl sites for hydroxylation is 2. The molecule has 2 atom stereocenters. The van der Waals surface area contributed by atoms with Gasteiger partial charge in [0.1, 0.15) is 23.3 Å². The van der Waals surface area contributed by atoms with Crippen LogP contribution in [0.4, 0.5) is 17.6 Å². The van der Waals surface area contributed by atoms with Crippen molar-refractivity contribution in [1.29, 1.82) is 0 Å². The molecular formula is C24H23F4NO4. The van der Waals surface area contributed by atoms with E-state index in [1.807, 2.05) is 0 Å². The molecule has 5 nitrogen and oxygen atoms in total. The Kier molecular flexibility index (Phi) is 7.19. The second-order valence-corrected chi connectivity index (χ2v) is 8.19. The second kappa shape index (κ2) is 9.72. The van der Waals surface area contributed by atoms with E-state index in [2.05, 4.69) is 5.32 Å². The van der Waals surface area contributed by atoms with Crippen molar-refractivity contribution in [3.63, 3.8) is 0 Å². The van der Waals surface area contributed by atoms with Gasteiger partial charge in [-0.3, -0.25) is 14.4 Å². The molecule has 2 aromatic carbocycles. The molecule has 0 saturated heterocycles. The number of nitrogens with one attached hydrogen (secondary N) is 1. The number of alkyl halides is 3. The van der Waals surface area contributed by atoms with Crippen molar-refractivity contribution in [2.75, 3.05) is 6.61 Å². The van der Waals surface area contributed by atoms with Crippen LogP contribution in [0.25, 0.3) is 0 Å². The standard InChI is InChI=1S/C24H23F4NO4/c1-13-6-18(33-12-24(26,27)28)7-14(2)21(13)22-19(30)9-16(23(22)32)10-20(31)29-11-15-4-3-5-17(25)8-15/h3-8,16,22H,9-12H2,1-2H3,(H,29,31)/t16-,22?/m0/s1. The largest absolute Gasteiger partial charge is 0.484 e. The Hall–Kier alpha value is -3.23. The summed E-state index contributed by atoms with van der Waals surface area (Å²) in [5.41, 5.74) is 1.94. The van der Waals surface area contributed by atoms with Crippen LogP contribution in [0, 0.1) is 25.6 Å². The van der Waals surface area contributed by atoms with Crippen LogP contribution in [-0.4, -0.2) is 30.3 Å². The molecule has 0 spiro atoms. The SMILES string of the molecule is Cc1cc(OCC(F)(F)F)cc(C)c1C1C(=O)C[C@@H](CC(=O)NCc2cccc(F)c2)C1=O. The minimum Gasteiger partial charge on any atom is -0.484 e. The zero-order valence-electron chi connectivity index (χ0n) is 18.1. The van der Waals surface area contributed by atoms with Crippen molar-refractivity contribution in [1.82, 2.24) is 5.32 Å². The summed E-state index contributed by atoms with van der Waals surface area (Å²) < 4.78 is 55.3. The Morgan fingerprint density at radius 3 is 2.39 bits per heavy atom. The lowest BCUT2D eigenvalue weighted by Gasteiger charge is -2.18. The van der Waals surface area contributed by atoms with E-state index < -0.39 is 42.1 Å². The van der Waals surface area contributed by atoms with Crippen molar-refractivity contribution in [2.24, 2.45) is 5.92 Å². The first kappa shape index (κ1) is 24.4. The highest BCUT2D eigenvalue weighted by Crippen LogP contribution is 2.38. The molecule has 1 aliphatic carbocycles. The summed E-state index contributed by atoms with van der Waals surface area (Å²) in [6.45, 7) is 1.84. The summed E-state index contributed by atoms with van der Waals surface area (Å²) in [7, 11) is 0. The molecule has 0 aliphatic heterocycles. The zero-order chi connectivity index (χ0) is 24.3. The van der Waals surface area contributed by atoms with Gasteiger partial charge in [-0.2, -0.15) is 13.2 Å². The van der Waals surface area contributed by atoms with E-state index in [4.69, 9.17) is 4.74 Å². The number of ketones is 2. The molecule has 1 saturated carbocycles. The third-order valence-corrected chi connectivity index (χ3v) is 5.53. The molecule has 1 amide bonds. The number of benzene rings is 2. The molecule has 0 heterocycles. The van der Waals surface area contributed by atoms with E-state index in [1.165, 1.54) is 30.3 Å². The minimum absolute atomic E-state index is 0.00255. The summed E-state index contributed by atoms with van der Waals surface area (Å²) in [6, 6.07) is 8.48. The average Bonchev–Trinajstić information content (AvgIpc) is 2.97. The zero-order valence-corrected chi connectivity index (χ0v) is 18.1. The van der Waals surface area contributed by atoms with Crippen molar-refractivity contribution in [3.8, 4) is 5.75 Å². The maximum absolute atomic E-state index is 13.3. The van der Waals surface area contributed by atoms with E-state index in [0.717, 1.165) is 0 Å². The lowest BCUT2D eigenvalue weighted by Crippen LogP contribution is -2.27. The van der Waals surface area contributed by atoms with Crippen molar-refractivity contribution >= 4 is 17.5 Å². The number of carbonyl (C=O) groups is 3. The van der Waals surface area contributed by atoms with Crippen LogP contribution in [0.15, 0.2) is 36.4 Å². The van der Waals surface area contributed by atoms with Crippen LogP contribution in [0.1, 0.15) is 41.0 Å². The number of Topliss-reactive ketones (excluding diaryl/α,β-unsaturated/α-hetero) is 2. The highest BCUT2D eigenvalue weighted by atomic mass is 19.4. The highest BCUT2D eigenvalue weighted by Gasteiger charge is 2.44. The topological polar surface area (TPSA) is 72.5 Å². The van der Waals surface area contributed by atoms with E-state index >= 15 is 0 Å². The van der Waals surface area contributed by atoms with Gasteiger partial charge in [0, 0.05) is 25.3 Å². The number of ether oxygens (including phenoxy) is 1. The van der Waals surface area contributed by atoms with Crippen molar-refractivity contribution in [2.45, 2.75) is 45.3 Å². The summed E-state index contributed by atoms with van der Waals surface area (Å²) in [5.74, 6) is -3.46. The molecule has 0 bridgehead atoms. The summed E-state index contributed by atoms with van der Waals surface area (Å²) in [5, 5.41) is 2.62. The summed E-state index contributed by atoms with van der Waals surface area (Å²) >= 11 is 0. The number of halogens is 4. The predicted octanol–water partition coefficient (Wildman–Crippen LogP) is 4.33. The molecule has 1 aliphatic rings. The minimum atomic E-state index is -4.49. The normalized spacial score (nSPS) is 18.5. The smallest absolute Gasteiger partial charge is 0.422 e. The van der Waals surface area contributed by atoms with Gasteiger partial charge in [0.25, 0.3) is 0 Å². The van der Waals surface area contributed by atoms with Crippen LogP contribution < -0.4 is 10.1 Å². The molecule has 2 aromatic rings. The lowest BCUT2D eigenvalue weighted by atomic mass is 9.87. The maximum Gasteiger partial charge on any atom is 0.422 e. The molecular weight excluding hydrogens is 442 g/mol. The molecule has 1 unspecified atom stereocenters. The lowest BCUT2D eigenvalue weighted by molar-refractivity contribution is -0.153. The van der Waals surface area contributed by atoms with Gasteiger partial charge < -0.3 is 10.1 Å². The first-order valence-corrected chi connectivity index (χ1v) is 10.3. The van der Waals surface area contributed by atoms with Crippen LogP contribution >= 0.6 is 0 Å². The van der Waals surface area contributed by atoms with Crippen molar-refractivity contribution in [3.05, 3.63) is 64.5 Å². The number of carbonyl (C=O) groups excluding carboxylic acids is 3. The molecule has 1 fully saturated rings. The Balaban J connectivity index is 1.67. The van der Waals surface area contributed by atoms with Gasteiger partial charge >= 0.3 is 6.18 Å². The fraction of sp³-hybridized carbons (Fsp3) is 0.375. The van der Waals surface area contributed by atoms with Gasteiger partial charge in [-0.1, -0.05) is 12.1 Å². The summed E-state index contributed by atoms with van der Waals surface area (Å²) in [4.78, 5) is 38.0. The molecule has 3 rings (SSSR count). The third-order valence-electron chi connectivity index (χ3n) is 5.53. The van der Waals surface area contributed by atoms with Crippen molar-refractivity contribution < 1.29 is 36.7 Å². The second-order valence-electron chi connectivity index (χ2n) is 8.19. The van der Waals surface area contributed by atoms with Crippen LogP contribution in [-0.2, 0) is 20.9 Å². The Labute approximate surface area is 188 Å². The number of amides is 1. The van der Waals surface area contributed by atoms with E-state index in [-0.39, 0.29) is 30.9 Å². The molecule has 1 N–H and O–H groups in total. The van der Waals surface area contributed by atoms with Crippen LogP contribution in [0.2, 0.25) is 0 Å². The van der Waals surface area contributed by atoms with Gasteiger partial charge in [0.05, 0.1) is 0 Å². The number of hydrogen-bond donors (Lipinski definition) is 1. The van der Waals surface area contributed by atoms with Gasteiger partial charge in [0.15, 0.2) is 12.4 Å². The summed E-state index contributed by atoms with van der Waals surface area (Å²) in [6.07, 6.45) is -4.76. The number of rotatable bonds is 7. The number of hydrogen-bond acceptors (Lipinski definition) is 4. The Bertz CT molecular complexity index is 1060. The van der Waals surface area contributed by atoms with Crippen LogP contribution in [0.3, 0.4) is 0 Å². The Morgan fingerprint density at radius 1 is 1.12 bits per heavy atom. The molecule has 176 valence electrons. The maximum atomic E-state index is 13.3. The highest BCUT2D eigenvalue weighted by molar-refractivity contribution is 6.15. The molecule has 0 aromatic heterocycles. The van der Waals surface area contributed by atoms with Gasteiger partial charge in [-0.25, -0.2) is 4.39 Å². The first-order chi connectivity index (χ1) is 15.4. The average molecular weight is 465 g/mol. The van der Waals surface area contributed by atoms with E-state index in [1.54, 1.807) is 19.9 Å². The quantitative estimate of drug-likeness (QED) is 0.488. The Morgan fingerprint density at radius 2 is 1.79 bits per heavy atom. The monoisotopic (exact) mass is 465 g/mol. The van der Waals surface area contributed by atoms with Gasteiger partial charge in [-0.05, 0) is 60.4 Å². The fourth-order valence-electron chi connectivity index (χ4n) is 4.11. The van der Waals surface area contributed by atoms with Gasteiger partial charge in [0.2, 0.25) is 5.91 Å². The van der Waals surface area contributed by atoms with E-state index in [9.17, 15) is 31.9 Å².